The lowest BCUT2D eigenvalue weighted by Crippen LogP contribution is -2.20. The molecule has 0 spiro atoms. The Morgan fingerprint density at radius 2 is 1.88 bits per heavy atom. The summed E-state index contributed by atoms with van der Waals surface area (Å²) in [6, 6.07) is 9.03. The predicted molar refractivity (Wildman–Crippen MR) is 70.8 cm³/mol. The lowest BCUT2D eigenvalue weighted by molar-refractivity contribution is 0.365. The first-order valence-electron chi connectivity index (χ1n) is 6.65. The average molecular weight is 216 g/mol. The van der Waals surface area contributed by atoms with Crippen molar-refractivity contribution >= 4 is 0 Å². The molecule has 0 aromatic heterocycles. The van der Waals surface area contributed by atoms with Crippen molar-refractivity contribution in [2.75, 3.05) is 0 Å². The average Bonchev–Trinajstić information content (AvgIpc) is 2.70. The third-order valence-electron chi connectivity index (χ3n) is 4.07. The molecule has 0 nitrogen and oxygen atoms in total. The largest absolute Gasteiger partial charge is 0.0617 e. The normalized spacial score (nSPS) is 17.9. The highest BCUT2D eigenvalue weighted by molar-refractivity contribution is 5.28. The first kappa shape index (κ1) is 11.7. The van der Waals surface area contributed by atoms with Gasteiger partial charge in [-0.2, -0.15) is 0 Å². The van der Waals surface area contributed by atoms with Crippen LogP contribution < -0.4 is 0 Å². The van der Waals surface area contributed by atoms with Crippen LogP contribution in [0, 0.1) is 12.8 Å². The van der Waals surface area contributed by atoms with E-state index >= 15 is 0 Å². The first-order chi connectivity index (χ1) is 7.58. The molecule has 0 N–H and O–H groups in total. The van der Waals surface area contributed by atoms with Crippen LogP contribution in [0.3, 0.4) is 0 Å². The van der Waals surface area contributed by atoms with Crippen LogP contribution in [0.25, 0.3) is 0 Å². The highest BCUT2D eigenvalue weighted by Crippen LogP contribution is 2.37. The molecule has 2 rings (SSSR count). The Kier molecular flexibility index (Phi) is 3.37. The highest BCUT2D eigenvalue weighted by atomic mass is 14.3. The molecule has 0 bridgehead atoms. The van der Waals surface area contributed by atoms with E-state index in [-0.39, 0.29) is 0 Å². The smallest absolute Gasteiger partial charge is 0.0101 e. The molecule has 1 saturated carbocycles. The molecule has 0 aliphatic heterocycles. The van der Waals surface area contributed by atoms with E-state index < -0.39 is 0 Å². The molecule has 1 aromatic rings. The van der Waals surface area contributed by atoms with Crippen LogP contribution in [0.2, 0.25) is 0 Å². The quantitative estimate of drug-likeness (QED) is 0.677. The van der Waals surface area contributed by atoms with Crippen molar-refractivity contribution < 1.29 is 0 Å². The molecule has 1 aromatic carbocycles. The molecule has 88 valence electrons. The Morgan fingerprint density at radius 3 is 2.50 bits per heavy atom. The summed E-state index contributed by atoms with van der Waals surface area (Å²) in [5.41, 5.74) is 3.25. The minimum absolute atomic E-state index is 0.348. The maximum absolute atomic E-state index is 2.40. The van der Waals surface area contributed by atoms with E-state index in [0.717, 1.165) is 5.92 Å². The van der Waals surface area contributed by atoms with E-state index in [0.29, 0.717) is 5.41 Å². The van der Waals surface area contributed by atoms with Gasteiger partial charge in [-0.15, -0.1) is 0 Å². The molecule has 0 radical (unpaired) electrons. The Morgan fingerprint density at radius 1 is 1.19 bits per heavy atom. The van der Waals surface area contributed by atoms with E-state index in [1.807, 2.05) is 0 Å². The highest BCUT2D eigenvalue weighted by Gasteiger charge is 2.26. The van der Waals surface area contributed by atoms with Gasteiger partial charge in [0.25, 0.3) is 0 Å². The van der Waals surface area contributed by atoms with Crippen molar-refractivity contribution in [1.82, 2.24) is 0 Å². The second-order valence-electron chi connectivity index (χ2n) is 6.11. The maximum atomic E-state index is 2.40. The fourth-order valence-corrected chi connectivity index (χ4v) is 3.12. The fourth-order valence-electron chi connectivity index (χ4n) is 3.12. The Bertz CT molecular complexity index is 343. The summed E-state index contributed by atoms with van der Waals surface area (Å²) >= 11 is 0. The minimum Gasteiger partial charge on any atom is -0.0617 e. The Balaban J connectivity index is 2.10. The van der Waals surface area contributed by atoms with Crippen LogP contribution in [0.5, 0.6) is 0 Å². The number of benzene rings is 1. The zero-order chi connectivity index (χ0) is 11.6. The first-order valence-corrected chi connectivity index (χ1v) is 6.65. The van der Waals surface area contributed by atoms with Crippen molar-refractivity contribution in [3.63, 3.8) is 0 Å². The van der Waals surface area contributed by atoms with Gasteiger partial charge in [0.1, 0.15) is 0 Å². The van der Waals surface area contributed by atoms with Crippen molar-refractivity contribution in [1.29, 1.82) is 0 Å². The zero-order valence-electron chi connectivity index (χ0n) is 10.9. The van der Waals surface area contributed by atoms with Crippen LogP contribution in [0.1, 0.15) is 57.1 Å². The molecule has 0 atom stereocenters. The summed E-state index contributed by atoms with van der Waals surface area (Å²) in [4.78, 5) is 0. The van der Waals surface area contributed by atoms with Crippen LogP contribution in [0.4, 0.5) is 0 Å². The van der Waals surface area contributed by atoms with Crippen molar-refractivity contribution in [2.45, 2.75) is 58.3 Å². The lowest BCUT2D eigenvalue weighted by Gasteiger charge is -2.29. The molecule has 0 unspecified atom stereocenters. The second kappa shape index (κ2) is 4.61. The topological polar surface area (TPSA) is 0 Å². The van der Waals surface area contributed by atoms with Gasteiger partial charge in [-0.1, -0.05) is 69.4 Å². The second-order valence-corrected chi connectivity index (χ2v) is 6.11. The third kappa shape index (κ3) is 2.66. The van der Waals surface area contributed by atoms with Gasteiger partial charge in [0, 0.05) is 0 Å². The summed E-state index contributed by atoms with van der Waals surface area (Å²) in [6.45, 7) is 7.00. The molecule has 1 aliphatic carbocycles. The molecule has 0 heteroatoms. The predicted octanol–water partition coefficient (Wildman–Crippen LogP) is 4.85. The monoisotopic (exact) mass is 216 g/mol. The summed E-state index contributed by atoms with van der Waals surface area (Å²) < 4.78 is 0. The minimum atomic E-state index is 0.348. The Hall–Kier alpha value is -0.780. The van der Waals surface area contributed by atoms with Gasteiger partial charge in [-0.25, -0.2) is 0 Å². The molecular weight excluding hydrogens is 192 g/mol. The Labute approximate surface area is 100 Å². The molecule has 1 fully saturated rings. The standard InChI is InChI=1S/C16H24/c1-13-7-6-10-15(11-13)16(2,3)12-14-8-4-5-9-14/h6-7,10-11,14H,4-5,8-9,12H2,1-3H3. The summed E-state index contributed by atoms with van der Waals surface area (Å²) in [5.74, 6) is 0.968. The van der Waals surface area contributed by atoms with Crippen molar-refractivity contribution in [3.05, 3.63) is 35.4 Å². The zero-order valence-corrected chi connectivity index (χ0v) is 10.9. The summed E-state index contributed by atoms with van der Waals surface area (Å²) in [6.07, 6.45) is 7.17. The van der Waals surface area contributed by atoms with E-state index in [1.165, 1.54) is 43.2 Å². The van der Waals surface area contributed by atoms with E-state index in [9.17, 15) is 0 Å². The van der Waals surface area contributed by atoms with Crippen molar-refractivity contribution in [3.8, 4) is 0 Å². The van der Waals surface area contributed by atoms with Gasteiger partial charge in [-0.05, 0) is 30.2 Å². The van der Waals surface area contributed by atoms with Gasteiger partial charge < -0.3 is 0 Å². The molecule has 16 heavy (non-hydrogen) atoms. The summed E-state index contributed by atoms with van der Waals surface area (Å²) in [7, 11) is 0. The molecule has 0 heterocycles. The summed E-state index contributed by atoms with van der Waals surface area (Å²) in [5, 5.41) is 0. The number of aryl methyl sites for hydroxylation is 1. The van der Waals surface area contributed by atoms with Crippen LogP contribution in [-0.4, -0.2) is 0 Å². The van der Waals surface area contributed by atoms with E-state index in [4.69, 9.17) is 0 Å². The van der Waals surface area contributed by atoms with Gasteiger partial charge in [-0.3, -0.25) is 0 Å². The third-order valence-corrected chi connectivity index (χ3v) is 4.07. The maximum Gasteiger partial charge on any atom is -0.0101 e. The lowest BCUT2D eigenvalue weighted by atomic mass is 9.76. The van der Waals surface area contributed by atoms with Gasteiger partial charge in [0.05, 0.1) is 0 Å². The molecule has 0 saturated heterocycles. The molecular formula is C16H24. The van der Waals surface area contributed by atoms with Gasteiger partial charge in [0.2, 0.25) is 0 Å². The van der Waals surface area contributed by atoms with E-state index in [2.05, 4.69) is 45.0 Å². The van der Waals surface area contributed by atoms with Gasteiger partial charge >= 0.3 is 0 Å². The number of rotatable bonds is 3. The fraction of sp³-hybridized carbons (Fsp3) is 0.625. The van der Waals surface area contributed by atoms with Crippen LogP contribution >= 0.6 is 0 Å². The van der Waals surface area contributed by atoms with Crippen LogP contribution in [0.15, 0.2) is 24.3 Å². The number of hydrogen-bond donors (Lipinski definition) is 0. The van der Waals surface area contributed by atoms with E-state index in [1.54, 1.807) is 0 Å². The SMILES string of the molecule is Cc1cccc(C(C)(C)CC2CCCC2)c1. The molecule has 1 aliphatic rings. The van der Waals surface area contributed by atoms with Crippen molar-refractivity contribution in [2.24, 2.45) is 5.92 Å². The van der Waals surface area contributed by atoms with Gasteiger partial charge in [0.15, 0.2) is 0 Å². The molecule has 0 amide bonds. The number of hydrogen-bond acceptors (Lipinski definition) is 0. The van der Waals surface area contributed by atoms with Crippen LogP contribution in [-0.2, 0) is 5.41 Å².